The summed E-state index contributed by atoms with van der Waals surface area (Å²) in [6.07, 6.45) is 18.3. The number of carbonyl (C=O) groups excluding carboxylic acids is 2. The van der Waals surface area contributed by atoms with E-state index in [-0.39, 0.29) is 66.9 Å². The van der Waals surface area contributed by atoms with E-state index >= 15 is 0 Å². The number of nitriles is 2. The first-order valence-electron chi connectivity index (χ1n) is 24.9. The molecule has 10 nitrogen and oxygen atoms in total. The molecule has 0 aromatic heterocycles. The lowest BCUT2D eigenvalue weighted by Gasteiger charge is -2.37. The molecule has 3 unspecified atom stereocenters. The summed E-state index contributed by atoms with van der Waals surface area (Å²) < 4.78 is 17.3. The first-order chi connectivity index (χ1) is 34.6. The fourth-order valence-electron chi connectivity index (χ4n) is 9.14. The summed E-state index contributed by atoms with van der Waals surface area (Å²) in [6, 6.07) is 30.5. The van der Waals surface area contributed by atoms with Crippen LogP contribution in [0.2, 0.25) is 0 Å². The van der Waals surface area contributed by atoms with Gasteiger partial charge in [0.2, 0.25) is 0 Å². The van der Waals surface area contributed by atoms with E-state index < -0.39 is 17.1 Å². The van der Waals surface area contributed by atoms with E-state index in [0.717, 1.165) is 53.8 Å². The molecule has 0 spiro atoms. The molecule has 0 saturated carbocycles. The SMILES string of the molecule is CC1(C)CC(/C=C/c2ccc(N(CCO)CCO)cc2)=C(Sc2ccc(C(C)(C)C)cc2)C(/C=C/C=C/C2=C(C#N)C(=C(\C#N)C(=O)OCCOC(=O)CCCCC3CCSS3)/OC2(C)c2ccccc2)C1. The molecule has 0 radical (unpaired) electrons. The normalized spacial score (nSPS) is 20.8. The van der Waals surface area contributed by atoms with Crippen LogP contribution in [0.3, 0.4) is 0 Å². The second kappa shape index (κ2) is 26.5. The number of anilines is 1. The largest absolute Gasteiger partial charge is 0.475 e. The van der Waals surface area contributed by atoms with Crippen LogP contribution in [0.5, 0.6) is 0 Å². The van der Waals surface area contributed by atoms with Gasteiger partial charge in [-0.05, 0) is 101 Å². The molecule has 2 aliphatic heterocycles. The van der Waals surface area contributed by atoms with Crippen molar-refractivity contribution < 1.29 is 34.0 Å². The molecule has 1 fully saturated rings. The topological polar surface area (TPSA) is 153 Å². The molecule has 3 atom stereocenters. The Balaban J connectivity index is 1.26. The van der Waals surface area contributed by atoms with Crippen molar-refractivity contribution in [3.63, 3.8) is 0 Å². The van der Waals surface area contributed by atoms with Gasteiger partial charge in [0.1, 0.15) is 30.9 Å². The second-order valence-electron chi connectivity index (χ2n) is 20.2. The Kier molecular flexibility index (Phi) is 20.6. The summed E-state index contributed by atoms with van der Waals surface area (Å²) in [7, 11) is 3.83. The van der Waals surface area contributed by atoms with Crippen molar-refractivity contribution in [1.29, 1.82) is 10.5 Å². The maximum Gasteiger partial charge on any atom is 0.352 e. The minimum absolute atomic E-state index is 0.00145. The van der Waals surface area contributed by atoms with Crippen LogP contribution in [0.15, 0.2) is 147 Å². The lowest BCUT2D eigenvalue weighted by atomic mass is 9.72. The number of carbonyl (C=O) groups is 2. The van der Waals surface area contributed by atoms with Crippen LogP contribution >= 0.6 is 33.3 Å². The van der Waals surface area contributed by atoms with Crippen molar-refractivity contribution >= 4 is 57.1 Å². The third-order valence-corrected chi connectivity index (χ3v) is 17.3. The lowest BCUT2D eigenvalue weighted by Crippen LogP contribution is -2.29. The molecule has 3 aromatic carbocycles. The first kappa shape index (κ1) is 55.9. The predicted molar refractivity (Wildman–Crippen MR) is 294 cm³/mol. The monoisotopic (exact) mass is 1030 g/mol. The van der Waals surface area contributed by atoms with Gasteiger partial charge < -0.3 is 29.3 Å². The van der Waals surface area contributed by atoms with Crippen LogP contribution in [0.4, 0.5) is 5.69 Å². The molecule has 72 heavy (non-hydrogen) atoms. The second-order valence-corrected chi connectivity index (χ2v) is 24.1. The molecule has 3 aromatic rings. The van der Waals surface area contributed by atoms with Gasteiger partial charge in [-0.1, -0.05) is 165 Å². The number of nitrogens with zero attached hydrogens (tertiary/aromatic N) is 3. The third-order valence-electron chi connectivity index (χ3n) is 13.0. The Labute approximate surface area is 439 Å². The minimum Gasteiger partial charge on any atom is -0.475 e. The zero-order valence-electron chi connectivity index (χ0n) is 42.5. The Morgan fingerprint density at radius 2 is 1.61 bits per heavy atom. The summed E-state index contributed by atoms with van der Waals surface area (Å²) >= 11 is 1.78. The Morgan fingerprint density at radius 3 is 2.25 bits per heavy atom. The Hall–Kier alpha value is -5.41. The molecule has 3 aliphatic rings. The van der Waals surface area contributed by atoms with Crippen molar-refractivity contribution in [2.75, 3.05) is 50.2 Å². The number of rotatable bonds is 22. The van der Waals surface area contributed by atoms with Gasteiger partial charge in [0, 0.05) is 52.6 Å². The van der Waals surface area contributed by atoms with Crippen molar-refractivity contribution in [3.8, 4) is 12.1 Å². The van der Waals surface area contributed by atoms with Gasteiger partial charge in [-0.25, -0.2) is 4.79 Å². The van der Waals surface area contributed by atoms with E-state index in [0.29, 0.717) is 23.9 Å². The number of aliphatic hydroxyl groups is 2. The summed E-state index contributed by atoms with van der Waals surface area (Å²) in [6.45, 7) is 13.5. The van der Waals surface area contributed by atoms with Crippen LogP contribution in [-0.2, 0) is 34.8 Å². The average molecular weight is 1030 g/mol. The zero-order chi connectivity index (χ0) is 51.7. The molecule has 0 amide bonds. The van der Waals surface area contributed by atoms with E-state index in [4.69, 9.17) is 14.2 Å². The molecule has 380 valence electrons. The molecule has 0 bridgehead atoms. The van der Waals surface area contributed by atoms with Crippen LogP contribution in [0.1, 0.15) is 103 Å². The highest BCUT2D eigenvalue weighted by atomic mass is 33.1. The maximum absolute atomic E-state index is 13.5. The van der Waals surface area contributed by atoms with Gasteiger partial charge in [0.05, 0.1) is 13.2 Å². The van der Waals surface area contributed by atoms with Gasteiger partial charge in [0.25, 0.3) is 0 Å². The fourth-order valence-corrected chi connectivity index (χ4v) is 13.3. The highest BCUT2D eigenvalue weighted by Crippen LogP contribution is 2.50. The number of hydrogen-bond acceptors (Lipinski definition) is 13. The van der Waals surface area contributed by atoms with Gasteiger partial charge >= 0.3 is 11.9 Å². The molecule has 1 saturated heterocycles. The quantitative estimate of drug-likeness (QED) is 0.0245. The van der Waals surface area contributed by atoms with Crippen molar-refractivity contribution in [2.24, 2.45) is 11.3 Å². The number of thioether (sulfide) groups is 1. The smallest absolute Gasteiger partial charge is 0.352 e. The standard InChI is InChI=1S/C59H69N3O7S3/c1-57(2,3)45-24-28-48(29-25-45)71-55-43(38-58(4,5)39-44(55)23-20-42-21-26-47(27-22-42)62(31-33-63)32-34-64)14-10-12-18-52-50(40-60)54(69-59(52,6)46-15-8-7-9-16-46)51(41-61)56(66)68-36-35-67-53(65)19-13-11-17-49-30-37-70-72-49/h7-10,12,14-16,18,20-29,43,49,63-64H,11,13,17,19,30-39H2,1-6H3/b14-10+,18-12+,23-20+,54-51-. The summed E-state index contributed by atoms with van der Waals surface area (Å²) in [5, 5.41) is 40.9. The number of benzene rings is 3. The van der Waals surface area contributed by atoms with Crippen LogP contribution in [-0.4, -0.2) is 72.7 Å². The molecule has 2 N–H and O–H groups in total. The summed E-state index contributed by atoms with van der Waals surface area (Å²) in [5.74, 6) is -0.283. The molecule has 1 aliphatic carbocycles. The maximum atomic E-state index is 13.5. The highest BCUT2D eigenvalue weighted by Gasteiger charge is 2.45. The third kappa shape index (κ3) is 15.3. The van der Waals surface area contributed by atoms with E-state index in [2.05, 4.69) is 95.3 Å². The van der Waals surface area contributed by atoms with E-state index in [1.54, 1.807) is 11.8 Å². The molecular formula is C59H69N3O7S3. The van der Waals surface area contributed by atoms with Gasteiger partial charge in [0.15, 0.2) is 16.9 Å². The number of allylic oxidation sites excluding steroid dienone is 7. The molecule has 2 heterocycles. The number of esters is 2. The van der Waals surface area contributed by atoms with Crippen molar-refractivity contribution in [2.45, 2.75) is 108 Å². The minimum atomic E-state index is -1.24. The van der Waals surface area contributed by atoms with Crippen molar-refractivity contribution in [1.82, 2.24) is 0 Å². The zero-order valence-corrected chi connectivity index (χ0v) is 45.0. The highest BCUT2D eigenvalue weighted by molar-refractivity contribution is 8.77. The predicted octanol–water partition coefficient (Wildman–Crippen LogP) is 12.7. The van der Waals surface area contributed by atoms with Gasteiger partial charge in [-0.15, -0.1) is 0 Å². The van der Waals surface area contributed by atoms with Crippen LogP contribution in [0.25, 0.3) is 6.08 Å². The fraction of sp³-hybridized carbons (Fsp3) is 0.424. The Morgan fingerprint density at radius 1 is 0.903 bits per heavy atom. The van der Waals surface area contributed by atoms with E-state index in [9.17, 15) is 30.3 Å². The molecule has 6 rings (SSSR count). The average Bonchev–Trinajstić information content (AvgIpc) is 3.99. The van der Waals surface area contributed by atoms with E-state index in [1.165, 1.54) is 28.2 Å². The number of aliphatic hydroxyl groups excluding tert-OH is 2. The first-order valence-corrected chi connectivity index (χ1v) is 28.0. The van der Waals surface area contributed by atoms with Crippen LogP contribution < -0.4 is 4.90 Å². The number of hydrogen-bond donors (Lipinski definition) is 2. The number of unbranched alkanes of at least 4 members (excludes halogenated alkanes) is 1. The van der Waals surface area contributed by atoms with Gasteiger partial charge in [-0.2, -0.15) is 10.5 Å². The van der Waals surface area contributed by atoms with E-state index in [1.807, 2.05) is 100 Å². The summed E-state index contributed by atoms with van der Waals surface area (Å²) in [5.41, 5.74) is 4.03. The van der Waals surface area contributed by atoms with Crippen molar-refractivity contribution in [3.05, 3.63) is 159 Å². The number of ether oxygens (including phenoxy) is 3. The summed E-state index contributed by atoms with van der Waals surface area (Å²) in [4.78, 5) is 30.2. The molecular weight excluding hydrogens is 959 g/mol. The lowest BCUT2D eigenvalue weighted by molar-refractivity contribution is -0.150. The Bertz CT molecular complexity index is 2600. The van der Waals surface area contributed by atoms with Crippen LogP contribution in [0, 0.1) is 34.0 Å². The van der Waals surface area contributed by atoms with Gasteiger partial charge in [-0.3, -0.25) is 4.79 Å². The molecule has 13 heteroatoms.